The second-order valence-corrected chi connectivity index (χ2v) is 6.28. The Hall–Kier alpha value is -3.69. The summed E-state index contributed by atoms with van der Waals surface area (Å²) >= 11 is 0. The minimum Gasteiger partial charge on any atom is -0.393 e. The summed E-state index contributed by atoms with van der Waals surface area (Å²) in [5.74, 6) is 6.06. The van der Waals surface area contributed by atoms with Crippen molar-refractivity contribution in [2.24, 2.45) is 11.6 Å². The zero-order valence-corrected chi connectivity index (χ0v) is 15.6. The largest absolute Gasteiger partial charge is 0.393 e. The molecule has 0 unspecified atom stereocenters. The number of anilines is 1. The minimum absolute atomic E-state index is 0.0156. The molecule has 0 spiro atoms. The van der Waals surface area contributed by atoms with Gasteiger partial charge >= 0.3 is 0 Å². The van der Waals surface area contributed by atoms with Crippen molar-refractivity contribution in [3.63, 3.8) is 0 Å². The molecule has 2 heterocycles. The first-order valence-electron chi connectivity index (χ1n) is 8.77. The van der Waals surface area contributed by atoms with Crippen molar-refractivity contribution in [1.82, 2.24) is 15.1 Å². The second-order valence-electron chi connectivity index (χ2n) is 6.28. The summed E-state index contributed by atoms with van der Waals surface area (Å²) in [6.07, 6.45) is 1.83. The van der Waals surface area contributed by atoms with Gasteiger partial charge in [0.1, 0.15) is 11.5 Å². The highest BCUT2D eigenvalue weighted by Crippen LogP contribution is 2.28. The quantitative estimate of drug-likeness (QED) is 0.340. The first-order chi connectivity index (χ1) is 14.1. The highest BCUT2D eigenvalue weighted by atomic mass is 19.1. The van der Waals surface area contributed by atoms with Crippen LogP contribution in [0.1, 0.15) is 5.89 Å². The van der Waals surface area contributed by atoms with Crippen molar-refractivity contribution in [2.45, 2.75) is 0 Å². The fourth-order valence-corrected chi connectivity index (χ4v) is 3.05. The Balaban J connectivity index is 1.75. The van der Waals surface area contributed by atoms with E-state index in [1.807, 2.05) is 30.5 Å². The molecule has 0 aliphatic rings. The van der Waals surface area contributed by atoms with Crippen LogP contribution in [-0.4, -0.2) is 28.8 Å². The van der Waals surface area contributed by atoms with E-state index in [1.54, 1.807) is 12.1 Å². The van der Waals surface area contributed by atoms with E-state index in [0.717, 1.165) is 21.5 Å². The molecule has 0 atom stereocenters. The summed E-state index contributed by atoms with van der Waals surface area (Å²) < 4.78 is 24.7. The number of ether oxygens (including phenoxy) is 1. The molecule has 2 aromatic heterocycles. The van der Waals surface area contributed by atoms with Gasteiger partial charge in [-0.3, -0.25) is 5.01 Å². The predicted octanol–water partition coefficient (Wildman–Crippen LogP) is 3.01. The van der Waals surface area contributed by atoms with Gasteiger partial charge in [0.15, 0.2) is 0 Å². The topological polar surface area (TPSA) is 119 Å². The van der Waals surface area contributed by atoms with Crippen molar-refractivity contribution in [1.29, 1.82) is 0 Å². The number of methoxy groups -OCH3 is 1. The number of aromatic amines is 1. The van der Waals surface area contributed by atoms with Gasteiger partial charge in [-0.05, 0) is 24.3 Å². The molecule has 8 nitrogen and oxygen atoms in total. The summed E-state index contributed by atoms with van der Waals surface area (Å²) in [6, 6.07) is 13.7. The summed E-state index contributed by atoms with van der Waals surface area (Å²) in [5, 5.41) is 6.11. The number of aromatic nitrogens is 3. The Morgan fingerprint density at radius 1 is 1.21 bits per heavy atom. The third-order valence-corrected chi connectivity index (χ3v) is 4.49. The molecule has 9 heteroatoms. The van der Waals surface area contributed by atoms with Crippen LogP contribution < -0.4 is 16.6 Å². The molecule has 0 aliphatic carbocycles. The number of hydrogen-bond donors (Lipinski definition) is 3. The molecule has 0 radical (unpaired) electrons. The van der Waals surface area contributed by atoms with Crippen molar-refractivity contribution in [3.8, 4) is 11.4 Å². The predicted molar refractivity (Wildman–Crippen MR) is 108 cm³/mol. The van der Waals surface area contributed by atoms with Gasteiger partial charge < -0.3 is 20.0 Å². The standard InChI is InChI=1S/C20H19FN6O2/c1-28-11-17(27(23)16-8-3-2-6-14(16)21)18(22)20-25-19(26-29-20)13-5-4-7-15-12(13)9-10-24-15/h2-10,24H,11,22-23H2,1H3/b18-17-. The van der Waals surface area contributed by atoms with E-state index in [-0.39, 0.29) is 29.6 Å². The van der Waals surface area contributed by atoms with Gasteiger partial charge in [0, 0.05) is 29.8 Å². The van der Waals surface area contributed by atoms with Gasteiger partial charge in [-0.1, -0.05) is 29.4 Å². The Morgan fingerprint density at radius 2 is 2.03 bits per heavy atom. The maximum absolute atomic E-state index is 14.2. The van der Waals surface area contributed by atoms with Crippen LogP contribution in [0.5, 0.6) is 0 Å². The number of halogens is 1. The number of para-hydroxylation sites is 1. The molecule has 5 N–H and O–H groups in total. The average molecular weight is 394 g/mol. The number of rotatable bonds is 6. The van der Waals surface area contributed by atoms with Gasteiger partial charge in [-0.2, -0.15) is 4.98 Å². The maximum Gasteiger partial charge on any atom is 0.276 e. The highest BCUT2D eigenvalue weighted by molar-refractivity contribution is 5.93. The second kappa shape index (κ2) is 7.74. The number of hydrazine groups is 1. The van der Waals surface area contributed by atoms with Crippen LogP contribution in [0.3, 0.4) is 0 Å². The van der Waals surface area contributed by atoms with Crippen LogP contribution >= 0.6 is 0 Å². The maximum atomic E-state index is 14.2. The van der Waals surface area contributed by atoms with Gasteiger partial charge in [-0.25, -0.2) is 10.2 Å². The average Bonchev–Trinajstić information content (AvgIpc) is 3.41. The molecule has 148 valence electrons. The molecule has 29 heavy (non-hydrogen) atoms. The number of nitrogens with zero attached hydrogens (tertiary/aromatic N) is 3. The number of benzene rings is 2. The van der Waals surface area contributed by atoms with Crippen molar-refractivity contribution in [2.75, 3.05) is 18.7 Å². The number of hydrogen-bond acceptors (Lipinski definition) is 7. The fourth-order valence-electron chi connectivity index (χ4n) is 3.05. The Bertz CT molecular complexity index is 1180. The zero-order valence-electron chi connectivity index (χ0n) is 15.6. The van der Waals surface area contributed by atoms with Gasteiger partial charge in [0.25, 0.3) is 5.89 Å². The van der Waals surface area contributed by atoms with Crippen LogP contribution in [-0.2, 0) is 4.74 Å². The number of nitrogens with two attached hydrogens (primary N) is 2. The van der Waals surface area contributed by atoms with Crippen LogP contribution in [0.25, 0.3) is 28.0 Å². The highest BCUT2D eigenvalue weighted by Gasteiger charge is 2.21. The molecule has 0 fully saturated rings. The Morgan fingerprint density at radius 3 is 2.83 bits per heavy atom. The normalized spacial score (nSPS) is 12.2. The smallest absolute Gasteiger partial charge is 0.276 e. The van der Waals surface area contributed by atoms with E-state index in [9.17, 15) is 4.39 Å². The fraction of sp³-hybridized carbons (Fsp3) is 0.100. The van der Waals surface area contributed by atoms with Crippen LogP contribution in [0.15, 0.2) is 64.9 Å². The summed E-state index contributed by atoms with van der Waals surface area (Å²) in [6.45, 7) is 0.0156. The first-order valence-corrected chi connectivity index (χ1v) is 8.77. The molecule has 2 aromatic carbocycles. The van der Waals surface area contributed by atoms with Gasteiger partial charge in [0.2, 0.25) is 5.82 Å². The van der Waals surface area contributed by atoms with Gasteiger partial charge in [0.05, 0.1) is 18.0 Å². The lowest BCUT2D eigenvalue weighted by Gasteiger charge is -2.23. The van der Waals surface area contributed by atoms with Crippen molar-refractivity contribution in [3.05, 3.63) is 72.1 Å². The summed E-state index contributed by atoms with van der Waals surface area (Å²) in [5.41, 5.74) is 8.51. The zero-order chi connectivity index (χ0) is 20.4. The number of nitrogens with one attached hydrogen (secondary N) is 1. The lowest BCUT2D eigenvalue weighted by atomic mass is 10.1. The molecular formula is C20H19FN6O2. The lowest BCUT2D eigenvalue weighted by molar-refractivity contribution is 0.223. The lowest BCUT2D eigenvalue weighted by Crippen LogP contribution is -2.35. The molecule has 0 saturated heterocycles. The third kappa shape index (κ3) is 3.44. The van der Waals surface area contributed by atoms with E-state index in [2.05, 4.69) is 15.1 Å². The van der Waals surface area contributed by atoms with E-state index in [0.29, 0.717) is 5.82 Å². The molecule has 4 rings (SSSR count). The Labute approximate surface area is 165 Å². The van der Waals surface area contributed by atoms with Crippen molar-refractivity contribution < 1.29 is 13.7 Å². The van der Waals surface area contributed by atoms with Crippen molar-refractivity contribution >= 4 is 22.3 Å². The molecular weight excluding hydrogens is 375 g/mol. The van der Waals surface area contributed by atoms with E-state index in [1.165, 1.54) is 19.2 Å². The van der Waals surface area contributed by atoms with Crippen LogP contribution in [0.4, 0.5) is 10.1 Å². The van der Waals surface area contributed by atoms with E-state index >= 15 is 0 Å². The molecule has 0 aliphatic heterocycles. The molecule has 0 amide bonds. The number of H-pyrrole nitrogens is 1. The minimum atomic E-state index is -0.498. The molecule has 0 saturated carbocycles. The SMILES string of the molecule is COC/C(=C(/N)c1nc(-c2cccc3[nH]ccc23)no1)N(N)c1ccccc1F. The van der Waals surface area contributed by atoms with E-state index in [4.69, 9.17) is 20.8 Å². The van der Waals surface area contributed by atoms with Gasteiger partial charge in [-0.15, -0.1) is 0 Å². The number of fused-ring (bicyclic) bond motifs is 1. The summed E-state index contributed by atoms with van der Waals surface area (Å²) in [7, 11) is 1.48. The summed E-state index contributed by atoms with van der Waals surface area (Å²) in [4.78, 5) is 7.54. The monoisotopic (exact) mass is 394 g/mol. The van der Waals surface area contributed by atoms with E-state index < -0.39 is 5.82 Å². The molecule has 4 aromatic rings. The third-order valence-electron chi connectivity index (χ3n) is 4.49. The van der Waals surface area contributed by atoms with Crippen LogP contribution in [0, 0.1) is 5.82 Å². The first kappa shape index (κ1) is 18.7. The van der Waals surface area contributed by atoms with Crippen LogP contribution in [0.2, 0.25) is 0 Å². The Kier molecular flexibility index (Phi) is 4.98. The molecule has 0 bridgehead atoms.